The second kappa shape index (κ2) is 8.77. The summed E-state index contributed by atoms with van der Waals surface area (Å²) in [6.45, 7) is 28.0. The average Bonchev–Trinajstić information content (AvgIpc) is 2.69. The van der Waals surface area contributed by atoms with Gasteiger partial charge < -0.3 is 0 Å². The molecule has 0 radical (unpaired) electrons. The first kappa shape index (κ1) is 24.1. The van der Waals surface area contributed by atoms with E-state index >= 15 is 0 Å². The molecule has 0 N–H and O–H groups in total. The predicted molar refractivity (Wildman–Crippen MR) is 141 cm³/mol. The second-order valence-corrected chi connectivity index (χ2v) is 16.2. The molecular formula is C30H39Sn+. The Morgan fingerprint density at radius 1 is 0.323 bits per heavy atom. The van der Waals surface area contributed by atoms with E-state index < -0.39 is 19.8 Å². The molecule has 1 heteroatoms. The van der Waals surface area contributed by atoms with Crippen LogP contribution in [0.2, 0.25) is 0 Å². The molecule has 0 aliphatic heterocycles. The van der Waals surface area contributed by atoms with Crippen molar-refractivity contribution in [2.24, 2.45) is 0 Å². The van der Waals surface area contributed by atoms with Crippen LogP contribution in [-0.4, -0.2) is 19.8 Å². The third kappa shape index (κ3) is 4.01. The van der Waals surface area contributed by atoms with Crippen LogP contribution in [0.25, 0.3) is 0 Å². The standard InChI is InChI=1S/3C10H13.Sn/c3*1-7-5-9(3)10(4)6-8(7)2;/h3*5H,1-4H3;/q;;;+1. The van der Waals surface area contributed by atoms with Crippen molar-refractivity contribution in [1.82, 2.24) is 0 Å². The number of benzene rings is 3. The molecule has 0 atom stereocenters. The van der Waals surface area contributed by atoms with Crippen LogP contribution in [0.1, 0.15) is 66.8 Å². The summed E-state index contributed by atoms with van der Waals surface area (Å²) in [5.74, 6) is 0. The van der Waals surface area contributed by atoms with E-state index in [0.717, 1.165) is 0 Å². The molecule has 3 rings (SSSR count). The van der Waals surface area contributed by atoms with Gasteiger partial charge in [-0.2, -0.15) is 0 Å². The maximum absolute atomic E-state index is 2.53. The summed E-state index contributed by atoms with van der Waals surface area (Å²) in [7, 11) is 0. The van der Waals surface area contributed by atoms with E-state index in [2.05, 4.69) is 101 Å². The fraction of sp³-hybridized carbons (Fsp3) is 0.400. The molecule has 0 aromatic heterocycles. The molecule has 3 aromatic rings. The van der Waals surface area contributed by atoms with E-state index in [1.165, 1.54) is 66.8 Å². The molecule has 0 unspecified atom stereocenters. The van der Waals surface area contributed by atoms with Gasteiger partial charge in [0.1, 0.15) is 0 Å². The molecule has 162 valence electrons. The van der Waals surface area contributed by atoms with Gasteiger partial charge in [-0.15, -0.1) is 0 Å². The van der Waals surface area contributed by atoms with Crippen LogP contribution in [0, 0.1) is 83.1 Å². The van der Waals surface area contributed by atoms with Gasteiger partial charge in [0.2, 0.25) is 0 Å². The first-order valence-electron chi connectivity index (χ1n) is 11.5. The number of aryl methyl sites for hydroxylation is 6. The van der Waals surface area contributed by atoms with Crippen LogP contribution in [-0.2, 0) is 0 Å². The molecule has 31 heavy (non-hydrogen) atoms. The van der Waals surface area contributed by atoms with Gasteiger partial charge in [0, 0.05) is 0 Å². The Morgan fingerprint density at radius 3 is 0.645 bits per heavy atom. The average molecular weight is 518 g/mol. The summed E-state index contributed by atoms with van der Waals surface area (Å²) >= 11 is -2.53. The van der Waals surface area contributed by atoms with Gasteiger partial charge in [0.15, 0.2) is 0 Å². The molecule has 0 saturated heterocycles. The van der Waals surface area contributed by atoms with Gasteiger partial charge in [0.05, 0.1) is 0 Å². The van der Waals surface area contributed by atoms with Crippen molar-refractivity contribution in [3.05, 3.63) is 85.0 Å². The molecule has 0 aliphatic carbocycles. The normalized spacial score (nSPS) is 11.2. The van der Waals surface area contributed by atoms with Crippen molar-refractivity contribution in [3.63, 3.8) is 0 Å². The Hall–Kier alpha value is -1.54. The fourth-order valence-electron chi connectivity index (χ4n) is 5.15. The third-order valence-electron chi connectivity index (χ3n) is 7.85. The van der Waals surface area contributed by atoms with Gasteiger partial charge >= 0.3 is 199 Å². The predicted octanol–water partition coefficient (Wildman–Crippen LogP) is 5.90. The van der Waals surface area contributed by atoms with Crippen LogP contribution in [0.15, 0.2) is 18.2 Å². The summed E-state index contributed by atoms with van der Waals surface area (Å²) in [4.78, 5) is 0. The first-order chi connectivity index (χ1) is 14.4. The van der Waals surface area contributed by atoms with Crippen molar-refractivity contribution in [1.29, 1.82) is 0 Å². The topological polar surface area (TPSA) is 0 Å². The molecule has 0 amide bonds. The van der Waals surface area contributed by atoms with Crippen molar-refractivity contribution in [2.45, 2.75) is 83.1 Å². The monoisotopic (exact) mass is 519 g/mol. The molecule has 0 aliphatic rings. The quantitative estimate of drug-likeness (QED) is 0.379. The first-order valence-corrected chi connectivity index (χ1v) is 15.8. The van der Waals surface area contributed by atoms with Gasteiger partial charge in [-0.25, -0.2) is 0 Å². The Kier molecular flexibility index (Phi) is 6.82. The van der Waals surface area contributed by atoms with Gasteiger partial charge in [-0.1, -0.05) is 0 Å². The maximum atomic E-state index is 2.39. The van der Waals surface area contributed by atoms with Gasteiger partial charge in [0.25, 0.3) is 0 Å². The minimum absolute atomic E-state index is 1.44. The van der Waals surface area contributed by atoms with Crippen molar-refractivity contribution < 1.29 is 0 Å². The molecule has 0 spiro atoms. The van der Waals surface area contributed by atoms with E-state index in [1.807, 2.05) is 0 Å². The van der Waals surface area contributed by atoms with Crippen LogP contribution in [0.5, 0.6) is 0 Å². The summed E-state index contributed by atoms with van der Waals surface area (Å²) in [6, 6.07) is 7.16. The van der Waals surface area contributed by atoms with Gasteiger partial charge in [-0.3, -0.25) is 0 Å². The summed E-state index contributed by atoms with van der Waals surface area (Å²) in [5, 5.41) is 0. The number of rotatable bonds is 3. The van der Waals surface area contributed by atoms with E-state index in [-0.39, 0.29) is 0 Å². The van der Waals surface area contributed by atoms with Crippen molar-refractivity contribution in [2.75, 3.05) is 0 Å². The summed E-state index contributed by atoms with van der Waals surface area (Å²) in [6.07, 6.45) is 0. The van der Waals surface area contributed by atoms with Crippen molar-refractivity contribution >= 4 is 30.5 Å². The van der Waals surface area contributed by atoms with Crippen LogP contribution in [0.4, 0.5) is 0 Å². The zero-order valence-electron chi connectivity index (χ0n) is 21.7. The summed E-state index contributed by atoms with van der Waals surface area (Å²) in [5.41, 5.74) is 17.8. The minimum atomic E-state index is -2.53. The van der Waals surface area contributed by atoms with E-state index in [0.29, 0.717) is 0 Å². The zero-order valence-corrected chi connectivity index (χ0v) is 24.6. The SMILES string of the molecule is Cc1cc(C)c(C)[c]([Sn+]([c]2c(C)c(C)cc(C)c2C)[c]2c(C)c(C)cc(C)c2C)c1C. The van der Waals surface area contributed by atoms with Gasteiger partial charge in [-0.05, 0) is 0 Å². The fourth-order valence-corrected chi connectivity index (χ4v) is 17.1. The second-order valence-electron chi connectivity index (χ2n) is 9.78. The molecular weight excluding hydrogens is 479 g/mol. The van der Waals surface area contributed by atoms with E-state index in [9.17, 15) is 0 Å². The molecule has 0 heterocycles. The molecule has 0 bridgehead atoms. The summed E-state index contributed by atoms with van der Waals surface area (Å²) < 4.78 is 5.10. The van der Waals surface area contributed by atoms with Crippen LogP contribution >= 0.6 is 0 Å². The van der Waals surface area contributed by atoms with E-state index in [4.69, 9.17) is 0 Å². The number of hydrogen-bond acceptors (Lipinski definition) is 0. The molecule has 3 aromatic carbocycles. The Balaban J connectivity index is 2.61. The Labute approximate surface area is 197 Å². The van der Waals surface area contributed by atoms with Crippen LogP contribution < -0.4 is 10.7 Å². The molecule has 0 fully saturated rings. The van der Waals surface area contributed by atoms with Crippen LogP contribution in [0.3, 0.4) is 0 Å². The van der Waals surface area contributed by atoms with Crippen molar-refractivity contribution in [3.8, 4) is 0 Å². The molecule has 0 nitrogen and oxygen atoms in total. The Bertz CT molecular complexity index is 965. The molecule has 0 saturated carbocycles. The Morgan fingerprint density at radius 2 is 0.484 bits per heavy atom. The zero-order chi connectivity index (χ0) is 23.4. The van der Waals surface area contributed by atoms with E-state index in [1.54, 1.807) is 10.7 Å². The third-order valence-corrected chi connectivity index (χ3v) is 18.6. The number of hydrogen-bond donors (Lipinski definition) is 0.